The molecule has 98 valence electrons. The second kappa shape index (κ2) is 4.31. The zero-order chi connectivity index (χ0) is 12.7. The molecule has 0 saturated carbocycles. The lowest BCUT2D eigenvalue weighted by atomic mass is 9.92. The number of anilines is 1. The van der Waals surface area contributed by atoms with E-state index in [1.54, 1.807) is 12.4 Å². The SMILES string of the molecule is c1cncc(-c2nc3n(n2)C2CCNCC2CN3)c1. The molecule has 2 aliphatic heterocycles. The van der Waals surface area contributed by atoms with Crippen LogP contribution in [0, 0.1) is 5.92 Å². The van der Waals surface area contributed by atoms with Crippen LogP contribution < -0.4 is 10.6 Å². The number of nitrogens with zero attached hydrogens (tertiary/aromatic N) is 4. The quantitative estimate of drug-likeness (QED) is 0.794. The van der Waals surface area contributed by atoms with Crippen LogP contribution in [0.25, 0.3) is 11.4 Å². The number of nitrogens with one attached hydrogen (secondary N) is 2. The minimum atomic E-state index is 0.468. The number of aromatic nitrogens is 4. The summed E-state index contributed by atoms with van der Waals surface area (Å²) in [5, 5.41) is 11.5. The van der Waals surface area contributed by atoms with E-state index in [-0.39, 0.29) is 0 Å². The van der Waals surface area contributed by atoms with Crippen LogP contribution in [-0.2, 0) is 0 Å². The zero-order valence-corrected chi connectivity index (χ0v) is 10.6. The third-order valence-electron chi connectivity index (χ3n) is 3.96. The van der Waals surface area contributed by atoms with E-state index in [4.69, 9.17) is 0 Å². The number of hydrogen-bond donors (Lipinski definition) is 2. The Morgan fingerprint density at radius 3 is 3.21 bits per heavy atom. The molecule has 0 radical (unpaired) electrons. The molecule has 0 aromatic carbocycles. The normalized spacial score (nSPS) is 25.3. The number of hydrogen-bond acceptors (Lipinski definition) is 5. The van der Waals surface area contributed by atoms with Gasteiger partial charge in [0.05, 0.1) is 6.04 Å². The molecule has 4 rings (SSSR count). The first-order valence-electron chi connectivity index (χ1n) is 6.73. The maximum Gasteiger partial charge on any atom is 0.221 e. The van der Waals surface area contributed by atoms with Crippen LogP contribution in [0.5, 0.6) is 0 Å². The Hall–Kier alpha value is -1.95. The first-order valence-corrected chi connectivity index (χ1v) is 6.73. The molecule has 0 aliphatic carbocycles. The zero-order valence-electron chi connectivity index (χ0n) is 10.6. The Bertz CT molecular complexity index is 578. The lowest BCUT2D eigenvalue weighted by molar-refractivity contribution is 0.237. The van der Waals surface area contributed by atoms with Gasteiger partial charge in [0.15, 0.2) is 5.82 Å². The lowest BCUT2D eigenvalue weighted by Crippen LogP contribution is -2.44. The van der Waals surface area contributed by atoms with E-state index in [0.29, 0.717) is 12.0 Å². The largest absolute Gasteiger partial charge is 0.354 e. The molecule has 6 nitrogen and oxygen atoms in total. The van der Waals surface area contributed by atoms with Crippen LogP contribution in [0.4, 0.5) is 5.95 Å². The second-order valence-corrected chi connectivity index (χ2v) is 5.15. The van der Waals surface area contributed by atoms with Crippen LogP contribution in [0.2, 0.25) is 0 Å². The number of pyridine rings is 1. The van der Waals surface area contributed by atoms with E-state index in [0.717, 1.165) is 43.4 Å². The van der Waals surface area contributed by atoms with Crippen LogP contribution in [-0.4, -0.2) is 39.4 Å². The van der Waals surface area contributed by atoms with Crippen LogP contribution in [0.1, 0.15) is 12.5 Å². The third kappa shape index (κ3) is 1.79. The predicted octanol–water partition coefficient (Wildman–Crippen LogP) is 0.916. The van der Waals surface area contributed by atoms with Gasteiger partial charge in [0.25, 0.3) is 0 Å². The van der Waals surface area contributed by atoms with Crippen molar-refractivity contribution in [3.63, 3.8) is 0 Å². The molecule has 2 atom stereocenters. The molecule has 0 amide bonds. The van der Waals surface area contributed by atoms with Crippen LogP contribution in [0.15, 0.2) is 24.5 Å². The topological polar surface area (TPSA) is 67.7 Å². The van der Waals surface area contributed by atoms with Crippen molar-refractivity contribution in [3.05, 3.63) is 24.5 Å². The molecule has 6 heteroatoms. The van der Waals surface area contributed by atoms with Gasteiger partial charge in [0.2, 0.25) is 5.95 Å². The van der Waals surface area contributed by atoms with Crippen LogP contribution >= 0.6 is 0 Å². The van der Waals surface area contributed by atoms with Crippen molar-refractivity contribution in [2.45, 2.75) is 12.5 Å². The molecule has 2 aliphatic rings. The lowest BCUT2D eigenvalue weighted by Gasteiger charge is -2.36. The summed E-state index contributed by atoms with van der Waals surface area (Å²) in [4.78, 5) is 8.72. The Labute approximate surface area is 111 Å². The molecule has 2 unspecified atom stereocenters. The summed E-state index contributed by atoms with van der Waals surface area (Å²) in [6, 6.07) is 4.38. The smallest absolute Gasteiger partial charge is 0.221 e. The maximum atomic E-state index is 4.68. The van der Waals surface area contributed by atoms with E-state index in [9.17, 15) is 0 Å². The summed E-state index contributed by atoms with van der Waals surface area (Å²) in [7, 11) is 0. The summed E-state index contributed by atoms with van der Waals surface area (Å²) < 4.78 is 2.07. The highest BCUT2D eigenvalue weighted by Gasteiger charge is 2.33. The first kappa shape index (κ1) is 10.9. The molecule has 0 bridgehead atoms. The van der Waals surface area contributed by atoms with Crippen molar-refractivity contribution in [2.24, 2.45) is 5.92 Å². The Balaban J connectivity index is 1.73. The van der Waals surface area contributed by atoms with Gasteiger partial charge in [0, 0.05) is 37.0 Å². The van der Waals surface area contributed by atoms with Gasteiger partial charge in [-0.15, -0.1) is 5.10 Å². The van der Waals surface area contributed by atoms with Gasteiger partial charge in [0.1, 0.15) is 0 Å². The summed E-state index contributed by atoms with van der Waals surface area (Å²) in [6.07, 6.45) is 4.69. The second-order valence-electron chi connectivity index (χ2n) is 5.15. The van der Waals surface area contributed by atoms with Crippen LogP contribution in [0.3, 0.4) is 0 Å². The van der Waals surface area contributed by atoms with Crippen molar-refractivity contribution in [1.29, 1.82) is 0 Å². The molecule has 2 N–H and O–H groups in total. The van der Waals surface area contributed by atoms with E-state index < -0.39 is 0 Å². The highest BCUT2D eigenvalue weighted by atomic mass is 15.4. The van der Waals surface area contributed by atoms with Gasteiger partial charge in [-0.2, -0.15) is 4.98 Å². The Morgan fingerprint density at radius 2 is 2.32 bits per heavy atom. The van der Waals surface area contributed by atoms with E-state index in [1.165, 1.54) is 0 Å². The molecule has 0 spiro atoms. The average molecular weight is 256 g/mol. The molecule has 4 heterocycles. The minimum Gasteiger partial charge on any atom is -0.354 e. The molecular weight excluding hydrogens is 240 g/mol. The standard InChI is InChI=1S/C13H16N6/c1-2-9(6-14-4-1)12-17-13-16-8-10-7-15-5-3-11(10)19(13)18-12/h1-2,4,6,10-11,15H,3,5,7-8H2,(H,16,17,18). The fraction of sp³-hybridized carbons (Fsp3) is 0.462. The highest BCUT2D eigenvalue weighted by molar-refractivity contribution is 5.55. The Kier molecular flexibility index (Phi) is 2.48. The van der Waals surface area contributed by atoms with Gasteiger partial charge in [-0.3, -0.25) is 4.98 Å². The fourth-order valence-electron chi connectivity index (χ4n) is 2.95. The summed E-state index contributed by atoms with van der Waals surface area (Å²) in [5.41, 5.74) is 0.969. The Morgan fingerprint density at radius 1 is 1.32 bits per heavy atom. The number of rotatable bonds is 1. The molecule has 2 aromatic heterocycles. The average Bonchev–Trinajstić information content (AvgIpc) is 2.93. The van der Waals surface area contributed by atoms with Gasteiger partial charge in [-0.25, -0.2) is 4.68 Å². The van der Waals surface area contributed by atoms with Gasteiger partial charge in [-0.05, 0) is 25.1 Å². The van der Waals surface area contributed by atoms with E-state index in [2.05, 4.69) is 30.4 Å². The summed E-state index contributed by atoms with van der Waals surface area (Å²) >= 11 is 0. The first-order chi connectivity index (χ1) is 9.42. The van der Waals surface area contributed by atoms with Crippen molar-refractivity contribution in [2.75, 3.05) is 25.0 Å². The highest BCUT2D eigenvalue weighted by Crippen LogP contribution is 2.32. The van der Waals surface area contributed by atoms with Crippen molar-refractivity contribution >= 4 is 5.95 Å². The van der Waals surface area contributed by atoms with Crippen molar-refractivity contribution in [1.82, 2.24) is 25.1 Å². The monoisotopic (exact) mass is 256 g/mol. The van der Waals surface area contributed by atoms with Gasteiger partial charge >= 0.3 is 0 Å². The minimum absolute atomic E-state index is 0.468. The predicted molar refractivity (Wildman–Crippen MR) is 71.8 cm³/mol. The fourth-order valence-corrected chi connectivity index (χ4v) is 2.95. The summed E-state index contributed by atoms with van der Waals surface area (Å²) in [5.74, 6) is 2.25. The number of piperidine rings is 1. The maximum absolute atomic E-state index is 4.68. The molecule has 1 fully saturated rings. The summed E-state index contributed by atoms with van der Waals surface area (Å²) in [6.45, 7) is 3.09. The van der Waals surface area contributed by atoms with Crippen molar-refractivity contribution in [3.8, 4) is 11.4 Å². The molecule has 1 saturated heterocycles. The number of fused-ring (bicyclic) bond motifs is 3. The molecule has 19 heavy (non-hydrogen) atoms. The molecular formula is C13H16N6. The molecule has 2 aromatic rings. The van der Waals surface area contributed by atoms with E-state index >= 15 is 0 Å². The van der Waals surface area contributed by atoms with Crippen molar-refractivity contribution < 1.29 is 0 Å². The third-order valence-corrected chi connectivity index (χ3v) is 3.96. The van der Waals surface area contributed by atoms with E-state index in [1.807, 2.05) is 12.1 Å². The van der Waals surface area contributed by atoms with Gasteiger partial charge in [-0.1, -0.05) is 0 Å². The van der Waals surface area contributed by atoms with Gasteiger partial charge < -0.3 is 10.6 Å².